The van der Waals surface area contributed by atoms with Crippen molar-refractivity contribution in [2.24, 2.45) is 0 Å². The summed E-state index contributed by atoms with van der Waals surface area (Å²) in [5, 5.41) is 7.61. The highest BCUT2D eigenvalue weighted by Crippen LogP contribution is 2.15. The molecule has 1 N–H and O–H groups in total. The zero-order valence-electron chi connectivity index (χ0n) is 8.96. The van der Waals surface area contributed by atoms with E-state index in [1.165, 1.54) is 5.69 Å². The van der Waals surface area contributed by atoms with E-state index < -0.39 is 0 Å². The summed E-state index contributed by atoms with van der Waals surface area (Å²) in [7, 11) is 1.94. The fraction of sp³-hybridized carbons (Fsp3) is 0.700. The van der Waals surface area contributed by atoms with Crippen LogP contribution in [0.2, 0.25) is 0 Å². The minimum Gasteiger partial charge on any atom is -0.314 e. The van der Waals surface area contributed by atoms with E-state index in [2.05, 4.69) is 41.9 Å². The summed E-state index contributed by atoms with van der Waals surface area (Å²) in [5.74, 6) is 0.554. The van der Waals surface area contributed by atoms with Gasteiger partial charge in [0, 0.05) is 18.8 Å². The highest BCUT2D eigenvalue weighted by molar-refractivity contribution is 5.13. The van der Waals surface area contributed by atoms with Gasteiger partial charge in [-0.15, -0.1) is 0 Å². The molecule has 1 aromatic heterocycles. The molecule has 3 nitrogen and oxygen atoms in total. The molecule has 1 aromatic rings. The molecule has 74 valence electrons. The third kappa shape index (κ3) is 2.31. The lowest BCUT2D eigenvalue weighted by Crippen LogP contribution is -2.07. The van der Waals surface area contributed by atoms with E-state index in [-0.39, 0.29) is 0 Å². The van der Waals surface area contributed by atoms with Crippen LogP contribution in [0.15, 0.2) is 6.07 Å². The van der Waals surface area contributed by atoms with Gasteiger partial charge in [0.05, 0.1) is 5.69 Å². The number of nitrogens with one attached hydrogen (secondary N) is 1. The van der Waals surface area contributed by atoms with Crippen molar-refractivity contribution in [2.75, 3.05) is 7.05 Å². The maximum absolute atomic E-state index is 4.49. The minimum atomic E-state index is 0.554. The first-order valence-electron chi connectivity index (χ1n) is 4.90. The first kappa shape index (κ1) is 10.3. The maximum atomic E-state index is 4.49. The number of hydrogen-bond donors (Lipinski definition) is 1. The van der Waals surface area contributed by atoms with Crippen molar-refractivity contribution in [1.29, 1.82) is 0 Å². The molecule has 0 aliphatic carbocycles. The van der Waals surface area contributed by atoms with Crippen LogP contribution >= 0.6 is 0 Å². The van der Waals surface area contributed by atoms with E-state index in [1.54, 1.807) is 0 Å². The van der Waals surface area contributed by atoms with Crippen LogP contribution in [0, 0.1) is 0 Å². The zero-order valence-corrected chi connectivity index (χ0v) is 8.96. The standard InChI is InChI=1S/C10H19N3/c1-5-13-10(8(2)3)6-9(12-13)7-11-4/h6,8,11H,5,7H2,1-4H3. The van der Waals surface area contributed by atoms with Crippen molar-refractivity contribution in [3.63, 3.8) is 0 Å². The lowest BCUT2D eigenvalue weighted by atomic mass is 10.1. The second kappa shape index (κ2) is 4.42. The predicted molar refractivity (Wildman–Crippen MR) is 54.8 cm³/mol. The third-order valence-electron chi connectivity index (χ3n) is 2.11. The Balaban J connectivity index is 2.90. The van der Waals surface area contributed by atoms with Crippen LogP contribution in [0.3, 0.4) is 0 Å². The first-order chi connectivity index (χ1) is 6.19. The van der Waals surface area contributed by atoms with Gasteiger partial charge in [-0.2, -0.15) is 5.10 Å². The fourth-order valence-corrected chi connectivity index (χ4v) is 1.47. The van der Waals surface area contributed by atoms with E-state index in [9.17, 15) is 0 Å². The SMILES string of the molecule is CCn1nc(CNC)cc1C(C)C. The van der Waals surface area contributed by atoms with E-state index in [0.717, 1.165) is 18.8 Å². The molecule has 0 saturated heterocycles. The second-order valence-electron chi connectivity index (χ2n) is 3.56. The third-order valence-corrected chi connectivity index (χ3v) is 2.11. The van der Waals surface area contributed by atoms with Gasteiger partial charge in [0.1, 0.15) is 0 Å². The van der Waals surface area contributed by atoms with E-state index in [4.69, 9.17) is 0 Å². The topological polar surface area (TPSA) is 29.9 Å². The van der Waals surface area contributed by atoms with Crippen LogP contribution in [0.1, 0.15) is 38.1 Å². The summed E-state index contributed by atoms with van der Waals surface area (Å²) in [6.07, 6.45) is 0. The van der Waals surface area contributed by atoms with Crippen molar-refractivity contribution in [1.82, 2.24) is 15.1 Å². The number of aromatic nitrogens is 2. The molecule has 0 aliphatic rings. The normalized spacial score (nSPS) is 11.2. The van der Waals surface area contributed by atoms with Crippen LogP contribution < -0.4 is 5.32 Å². The average molecular weight is 181 g/mol. The largest absolute Gasteiger partial charge is 0.314 e. The fourth-order valence-electron chi connectivity index (χ4n) is 1.47. The van der Waals surface area contributed by atoms with Crippen LogP contribution in [0.4, 0.5) is 0 Å². The van der Waals surface area contributed by atoms with E-state index in [1.807, 2.05) is 7.05 Å². The maximum Gasteiger partial charge on any atom is 0.0765 e. The summed E-state index contributed by atoms with van der Waals surface area (Å²) in [5.41, 5.74) is 2.46. The molecule has 0 bridgehead atoms. The summed E-state index contributed by atoms with van der Waals surface area (Å²) in [6.45, 7) is 8.34. The summed E-state index contributed by atoms with van der Waals surface area (Å²) < 4.78 is 2.08. The van der Waals surface area contributed by atoms with E-state index in [0.29, 0.717) is 5.92 Å². The molecule has 0 saturated carbocycles. The minimum absolute atomic E-state index is 0.554. The van der Waals surface area contributed by atoms with Gasteiger partial charge in [-0.1, -0.05) is 13.8 Å². The van der Waals surface area contributed by atoms with Crippen molar-refractivity contribution < 1.29 is 0 Å². The van der Waals surface area contributed by atoms with Crippen molar-refractivity contribution in [2.45, 2.75) is 39.8 Å². The number of nitrogens with zero attached hydrogens (tertiary/aromatic N) is 2. The Bertz CT molecular complexity index is 263. The molecule has 1 rings (SSSR count). The number of hydrogen-bond acceptors (Lipinski definition) is 2. The first-order valence-corrected chi connectivity index (χ1v) is 4.90. The van der Waals surface area contributed by atoms with Crippen molar-refractivity contribution in [3.8, 4) is 0 Å². The Morgan fingerprint density at radius 2 is 2.23 bits per heavy atom. The molecule has 0 spiro atoms. The average Bonchev–Trinajstić information content (AvgIpc) is 2.48. The summed E-state index contributed by atoms with van der Waals surface area (Å²) in [6, 6.07) is 2.19. The number of rotatable bonds is 4. The molecule has 0 fully saturated rings. The summed E-state index contributed by atoms with van der Waals surface area (Å²) >= 11 is 0. The lowest BCUT2D eigenvalue weighted by molar-refractivity contribution is 0.588. The van der Waals surface area contributed by atoms with Crippen LogP contribution in [0.25, 0.3) is 0 Å². The predicted octanol–water partition coefficient (Wildman–Crippen LogP) is 1.75. The summed E-state index contributed by atoms with van der Waals surface area (Å²) in [4.78, 5) is 0. The molecular formula is C10H19N3. The molecule has 0 aliphatic heterocycles. The van der Waals surface area contributed by atoms with Gasteiger partial charge in [0.2, 0.25) is 0 Å². The van der Waals surface area contributed by atoms with E-state index >= 15 is 0 Å². The monoisotopic (exact) mass is 181 g/mol. The van der Waals surface area contributed by atoms with Gasteiger partial charge in [-0.25, -0.2) is 0 Å². The van der Waals surface area contributed by atoms with Crippen molar-refractivity contribution in [3.05, 3.63) is 17.5 Å². The van der Waals surface area contributed by atoms with Crippen LogP contribution in [0.5, 0.6) is 0 Å². The van der Waals surface area contributed by atoms with Gasteiger partial charge in [-0.3, -0.25) is 4.68 Å². The molecule has 3 heteroatoms. The zero-order chi connectivity index (χ0) is 9.84. The molecule has 0 radical (unpaired) electrons. The van der Waals surface area contributed by atoms with Gasteiger partial charge in [0.25, 0.3) is 0 Å². The molecular weight excluding hydrogens is 162 g/mol. The molecule has 0 aromatic carbocycles. The molecule has 1 heterocycles. The van der Waals surface area contributed by atoms with Gasteiger partial charge < -0.3 is 5.32 Å². The van der Waals surface area contributed by atoms with Gasteiger partial charge in [-0.05, 0) is 26.0 Å². The molecule has 0 unspecified atom stereocenters. The quantitative estimate of drug-likeness (QED) is 0.767. The Kier molecular flexibility index (Phi) is 3.48. The lowest BCUT2D eigenvalue weighted by Gasteiger charge is -2.06. The Morgan fingerprint density at radius 1 is 1.54 bits per heavy atom. The second-order valence-corrected chi connectivity index (χ2v) is 3.56. The molecule has 0 atom stereocenters. The Labute approximate surface area is 80.1 Å². The highest BCUT2D eigenvalue weighted by Gasteiger charge is 2.08. The molecule has 0 amide bonds. The highest BCUT2D eigenvalue weighted by atomic mass is 15.3. The smallest absolute Gasteiger partial charge is 0.0765 e. The van der Waals surface area contributed by atoms with Gasteiger partial charge >= 0.3 is 0 Å². The molecule has 13 heavy (non-hydrogen) atoms. The van der Waals surface area contributed by atoms with Crippen LogP contribution in [-0.4, -0.2) is 16.8 Å². The van der Waals surface area contributed by atoms with Crippen LogP contribution in [-0.2, 0) is 13.1 Å². The Morgan fingerprint density at radius 3 is 2.62 bits per heavy atom. The number of aryl methyl sites for hydroxylation is 1. The van der Waals surface area contributed by atoms with Crippen molar-refractivity contribution >= 4 is 0 Å². The van der Waals surface area contributed by atoms with Gasteiger partial charge in [0.15, 0.2) is 0 Å². The Hall–Kier alpha value is -0.830.